The summed E-state index contributed by atoms with van der Waals surface area (Å²) in [6.45, 7) is 4.81. The van der Waals surface area contributed by atoms with Crippen LogP contribution >= 0.6 is 0 Å². The van der Waals surface area contributed by atoms with Crippen LogP contribution in [0.3, 0.4) is 0 Å². The van der Waals surface area contributed by atoms with Crippen LogP contribution in [0.15, 0.2) is 34.9 Å². The van der Waals surface area contributed by atoms with Crippen LogP contribution in [0.4, 0.5) is 10.5 Å². The average molecular weight is 329 g/mol. The van der Waals surface area contributed by atoms with E-state index in [2.05, 4.69) is 25.7 Å². The van der Waals surface area contributed by atoms with Gasteiger partial charge in [0.1, 0.15) is 0 Å². The highest BCUT2D eigenvalue weighted by atomic mass is 16.5. The summed E-state index contributed by atoms with van der Waals surface area (Å²) in [5.74, 6) is 1.57. The molecule has 1 fully saturated rings. The number of para-hydroxylation sites is 1. The zero-order valence-electron chi connectivity index (χ0n) is 14.2. The molecule has 1 aliphatic heterocycles. The molecule has 0 bridgehead atoms. The van der Waals surface area contributed by atoms with E-state index < -0.39 is 0 Å². The Morgan fingerprint density at radius 1 is 1.33 bits per heavy atom. The first-order valence-corrected chi connectivity index (χ1v) is 8.19. The number of amides is 2. The third-order valence-electron chi connectivity index (χ3n) is 4.17. The van der Waals surface area contributed by atoms with Crippen LogP contribution < -0.4 is 10.6 Å². The highest BCUT2D eigenvalue weighted by Crippen LogP contribution is 2.30. The molecule has 2 atom stereocenters. The molecular weight excluding hydrogens is 306 g/mol. The predicted octanol–water partition coefficient (Wildman–Crippen LogP) is 2.76. The molecule has 2 amide bonds. The second kappa shape index (κ2) is 7.00. The van der Waals surface area contributed by atoms with Crippen molar-refractivity contribution in [1.82, 2.24) is 20.4 Å². The van der Waals surface area contributed by atoms with Gasteiger partial charge >= 0.3 is 6.03 Å². The number of hydrogen-bond donors (Lipinski definition) is 2. The van der Waals surface area contributed by atoms with Gasteiger partial charge in [-0.25, -0.2) is 4.79 Å². The van der Waals surface area contributed by atoms with E-state index in [1.54, 1.807) is 0 Å². The molecule has 0 aliphatic carbocycles. The maximum Gasteiger partial charge on any atom is 0.319 e. The van der Waals surface area contributed by atoms with Crippen LogP contribution in [-0.2, 0) is 0 Å². The molecule has 0 saturated carbocycles. The SMILES string of the molecule is CC(C)c1noc([C@H]2C[C@H](NC(=O)Nc3ccccc3)CN2C)n1. The molecule has 2 heterocycles. The topological polar surface area (TPSA) is 83.3 Å². The van der Waals surface area contributed by atoms with Crippen molar-refractivity contribution in [2.75, 3.05) is 18.9 Å². The molecule has 0 radical (unpaired) electrons. The number of hydrogen-bond acceptors (Lipinski definition) is 5. The van der Waals surface area contributed by atoms with Crippen molar-refractivity contribution in [3.63, 3.8) is 0 Å². The van der Waals surface area contributed by atoms with Crippen LogP contribution in [0.25, 0.3) is 0 Å². The minimum Gasteiger partial charge on any atom is -0.338 e. The Kier molecular flexibility index (Phi) is 4.80. The van der Waals surface area contributed by atoms with Gasteiger partial charge in [-0.2, -0.15) is 4.98 Å². The zero-order valence-corrected chi connectivity index (χ0v) is 14.2. The van der Waals surface area contributed by atoms with Crippen LogP contribution in [0.2, 0.25) is 0 Å². The third kappa shape index (κ3) is 3.73. The van der Waals surface area contributed by atoms with E-state index in [4.69, 9.17) is 4.52 Å². The van der Waals surface area contributed by atoms with Gasteiger partial charge in [0, 0.05) is 24.2 Å². The third-order valence-corrected chi connectivity index (χ3v) is 4.17. The Labute approximate surface area is 141 Å². The number of likely N-dealkylation sites (N-methyl/N-ethyl adjacent to an activating group) is 1. The Hall–Kier alpha value is -2.41. The van der Waals surface area contributed by atoms with Crippen LogP contribution in [0, 0.1) is 0 Å². The molecule has 2 N–H and O–H groups in total. The molecule has 7 heteroatoms. The number of carbonyl (C=O) groups excluding carboxylic acids is 1. The highest BCUT2D eigenvalue weighted by Gasteiger charge is 2.35. The molecule has 24 heavy (non-hydrogen) atoms. The lowest BCUT2D eigenvalue weighted by molar-refractivity contribution is 0.243. The Balaban J connectivity index is 1.58. The first-order chi connectivity index (χ1) is 11.5. The monoisotopic (exact) mass is 329 g/mol. The molecule has 0 spiro atoms. The molecule has 1 aromatic carbocycles. The van der Waals surface area contributed by atoms with Gasteiger partial charge in [-0.15, -0.1) is 0 Å². The van der Waals surface area contributed by atoms with Gasteiger partial charge in [-0.3, -0.25) is 4.90 Å². The first kappa shape index (κ1) is 16.4. The maximum absolute atomic E-state index is 12.1. The van der Waals surface area contributed by atoms with E-state index in [1.165, 1.54) is 0 Å². The average Bonchev–Trinajstić information content (AvgIpc) is 3.15. The molecule has 128 valence electrons. The van der Waals surface area contributed by atoms with E-state index in [-0.39, 0.29) is 24.0 Å². The van der Waals surface area contributed by atoms with Gasteiger partial charge in [0.2, 0.25) is 5.89 Å². The fourth-order valence-electron chi connectivity index (χ4n) is 2.88. The van der Waals surface area contributed by atoms with Gasteiger partial charge in [0.15, 0.2) is 5.82 Å². The van der Waals surface area contributed by atoms with E-state index in [0.717, 1.165) is 24.5 Å². The fourth-order valence-corrected chi connectivity index (χ4v) is 2.88. The summed E-state index contributed by atoms with van der Waals surface area (Å²) in [6, 6.07) is 9.27. The smallest absolute Gasteiger partial charge is 0.319 e. The van der Waals surface area contributed by atoms with Gasteiger partial charge in [-0.05, 0) is 25.6 Å². The summed E-state index contributed by atoms with van der Waals surface area (Å²) in [5.41, 5.74) is 0.774. The Morgan fingerprint density at radius 2 is 2.08 bits per heavy atom. The lowest BCUT2D eigenvalue weighted by atomic mass is 10.1. The summed E-state index contributed by atoms with van der Waals surface area (Å²) < 4.78 is 5.40. The standard InChI is InChI=1S/C17H23N5O2/c1-11(2)15-20-16(24-21-15)14-9-13(10-22(14)3)19-17(23)18-12-7-5-4-6-8-12/h4-8,11,13-14H,9-10H2,1-3H3,(H2,18,19,23)/t13-,14+/m0/s1. The van der Waals surface area contributed by atoms with Crippen LogP contribution in [0.1, 0.15) is 43.9 Å². The molecule has 1 aromatic heterocycles. The molecule has 3 rings (SSSR count). The van der Waals surface area contributed by atoms with Gasteiger partial charge in [-0.1, -0.05) is 37.2 Å². The van der Waals surface area contributed by atoms with Gasteiger partial charge in [0.25, 0.3) is 0 Å². The predicted molar refractivity (Wildman–Crippen MR) is 90.8 cm³/mol. The molecule has 1 aliphatic rings. The van der Waals surface area contributed by atoms with Crippen molar-refractivity contribution in [1.29, 1.82) is 0 Å². The van der Waals surface area contributed by atoms with E-state index in [9.17, 15) is 4.79 Å². The molecule has 2 aromatic rings. The van der Waals surface area contributed by atoms with Crippen molar-refractivity contribution in [2.45, 2.75) is 38.3 Å². The number of urea groups is 1. The largest absolute Gasteiger partial charge is 0.338 e. The lowest BCUT2D eigenvalue weighted by Crippen LogP contribution is -2.39. The molecular formula is C17H23N5O2. The number of nitrogens with zero attached hydrogens (tertiary/aromatic N) is 3. The van der Waals surface area contributed by atoms with E-state index in [0.29, 0.717) is 5.89 Å². The van der Waals surface area contributed by atoms with Crippen molar-refractivity contribution >= 4 is 11.7 Å². The number of anilines is 1. The highest BCUT2D eigenvalue weighted by molar-refractivity contribution is 5.89. The maximum atomic E-state index is 12.1. The molecule has 1 saturated heterocycles. The summed E-state index contributed by atoms with van der Waals surface area (Å²) in [6.07, 6.45) is 0.748. The summed E-state index contributed by atoms with van der Waals surface area (Å²) in [7, 11) is 2.00. The second-order valence-electron chi connectivity index (χ2n) is 6.50. The first-order valence-electron chi connectivity index (χ1n) is 8.19. The van der Waals surface area contributed by atoms with E-state index >= 15 is 0 Å². The number of rotatable bonds is 4. The number of likely N-dealkylation sites (tertiary alicyclic amines) is 1. The quantitative estimate of drug-likeness (QED) is 0.901. The van der Waals surface area contributed by atoms with Gasteiger partial charge in [0.05, 0.1) is 6.04 Å². The zero-order chi connectivity index (χ0) is 17.1. The molecule has 0 unspecified atom stereocenters. The number of nitrogens with one attached hydrogen (secondary N) is 2. The normalized spacial score (nSPS) is 21.2. The summed E-state index contributed by atoms with van der Waals surface area (Å²) in [4.78, 5) is 18.7. The fraction of sp³-hybridized carbons (Fsp3) is 0.471. The minimum absolute atomic E-state index is 0.0343. The Bertz CT molecular complexity index is 685. The van der Waals surface area contributed by atoms with E-state index in [1.807, 2.05) is 51.2 Å². The minimum atomic E-state index is -0.200. The van der Waals surface area contributed by atoms with Crippen molar-refractivity contribution in [2.24, 2.45) is 0 Å². The van der Waals surface area contributed by atoms with Crippen molar-refractivity contribution < 1.29 is 9.32 Å². The molecule has 7 nitrogen and oxygen atoms in total. The van der Waals surface area contributed by atoms with Gasteiger partial charge < -0.3 is 15.2 Å². The summed E-state index contributed by atoms with van der Waals surface area (Å²) in [5, 5.41) is 9.87. The van der Waals surface area contributed by atoms with Crippen LogP contribution in [-0.4, -0.2) is 40.7 Å². The van der Waals surface area contributed by atoms with Crippen molar-refractivity contribution in [3.05, 3.63) is 42.0 Å². The summed E-state index contributed by atoms with van der Waals surface area (Å²) >= 11 is 0. The lowest BCUT2D eigenvalue weighted by Gasteiger charge is -2.14. The van der Waals surface area contributed by atoms with Crippen LogP contribution in [0.5, 0.6) is 0 Å². The Morgan fingerprint density at radius 3 is 2.75 bits per heavy atom. The van der Waals surface area contributed by atoms with Crippen molar-refractivity contribution in [3.8, 4) is 0 Å². The second-order valence-corrected chi connectivity index (χ2v) is 6.50. The number of carbonyl (C=O) groups is 1. The number of aromatic nitrogens is 2. The number of benzene rings is 1.